The van der Waals surface area contributed by atoms with Gasteiger partial charge in [0.2, 0.25) is 0 Å². The van der Waals surface area contributed by atoms with Crippen molar-refractivity contribution >= 4 is 15.5 Å². The van der Waals surface area contributed by atoms with E-state index in [0.29, 0.717) is 6.04 Å². The van der Waals surface area contributed by atoms with E-state index in [1.165, 1.54) is 12.1 Å². The minimum Gasteiger partial charge on any atom is -0.370 e. The van der Waals surface area contributed by atoms with Crippen LogP contribution in [0.5, 0.6) is 0 Å². The summed E-state index contributed by atoms with van der Waals surface area (Å²) in [7, 11) is -3.40. The lowest BCUT2D eigenvalue weighted by Gasteiger charge is -2.34. The van der Waals surface area contributed by atoms with E-state index in [9.17, 15) is 21.6 Å². The topological polar surface area (TPSA) is 49.4 Å². The van der Waals surface area contributed by atoms with Crippen molar-refractivity contribution in [2.24, 2.45) is 0 Å². The van der Waals surface area contributed by atoms with E-state index in [1.54, 1.807) is 0 Å². The molecule has 0 saturated carbocycles. The molecule has 8 heteroatoms. The van der Waals surface area contributed by atoms with Crippen LogP contribution in [0.15, 0.2) is 29.2 Å². The van der Waals surface area contributed by atoms with Gasteiger partial charge in [-0.25, -0.2) is 8.42 Å². The van der Waals surface area contributed by atoms with Crippen LogP contribution < -0.4 is 10.2 Å². The lowest BCUT2D eigenvalue weighted by molar-refractivity contribution is -0.0436. The summed E-state index contributed by atoms with van der Waals surface area (Å²) in [6, 6.07) is 5.22. The second-order valence-electron chi connectivity index (χ2n) is 5.02. The largest absolute Gasteiger partial charge is 0.501 e. The first-order valence-electron chi connectivity index (χ1n) is 6.59. The fraction of sp³-hybridized carbons (Fsp3) is 0.538. The number of anilines is 1. The van der Waals surface area contributed by atoms with E-state index in [4.69, 9.17) is 0 Å². The van der Waals surface area contributed by atoms with Gasteiger partial charge in [0.1, 0.15) is 0 Å². The number of nitrogens with zero attached hydrogens (tertiary/aromatic N) is 1. The molecule has 1 aromatic carbocycles. The SMILES string of the molecule is CNC1CCCN(c2ccc(S(=O)(=O)C(F)(F)F)cc2)C1. The van der Waals surface area contributed by atoms with E-state index in [1.807, 2.05) is 11.9 Å². The average molecular weight is 322 g/mol. The van der Waals surface area contributed by atoms with Crippen LogP contribution in [-0.2, 0) is 9.84 Å². The van der Waals surface area contributed by atoms with Crippen LogP contribution in [-0.4, -0.2) is 40.1 Å². The number of halogens is 3. The summed E-state index contributed by atoms with van der Waals surface area (Å²) in [5.74, 6) is 0. The van der Waals surface area contributed by atoms with E-state index < -0.39 is 20.2 Å². The van der Waals surface area contributed by atoms with Crippen LogP contribution in [0, 0.1) is 0 Å². The van der Waals surface area contributed by atoms with Crippen LogP contribution in [0.25, 0.3) is 0 Å². The van der Waals surface area contributed by atoms with Gasteiger partial charge < -0.3 is 10.2 Å². The first-order valence-corrected chi connectivity index (χ1v) is 8.07. The molecule has 1 fully saturated rings. The number of rotatable bonds is 3. The number of benzene rings is 1. The van der Waals surface area contributed by atoms with Crippen molar-refractivity contribution in [3.8, 4) is 0 Å². The minimum absolute atomic E-state index is 0.331. The lowest BCUT2D eigenvalue weighted by atomic mass is 10.1. The van der Waals surface area contributed by atoms with Crippen molar-refractivity contribution in [1.29, 1.82) is 0 Å². The quantitative estimate of drug-likeness (QED) is 0.926. The Morgan fingerprint density at radius 1 is 1.24 bits per heavy atom. The molecule has 0 amide bonds. The van der Waals surface area contributed by atoms with E-state index >= 15 is 0 Å². The molecule has 2 rings (SSSR count). The zero-order valence-corrected chi connectivity index (χ0v) is 12.3. The van der Waals surface area contributed by atoms with Gasteiger partial charge in [0.05, 0.1) is 4.90 Å². The Morgan fingerprint density at radius 2 is 1.86 bits per heavy atom. The van der Waals surface area contributed by atoms with Gasteiger partial charge in [0.15, 0.2) is 0 Å². The third-order valence-corrected chi connectivity index (χ3v) is 5.15. The maximum absolute atomic E-state index is 12.5. The Kier molecular flexibility index (Phi) is 4.48. The lowest BCUT2D eigenvalue weighted by Crippen LogP contribution is -2.44. The third-order valence-electron chi connectivity index (χ3n) is 3.65. The normalized spacial score (nSPS) is 20.6. The fourth-order valence-corrected chi connectivity index (χ4v) is 3.18. The summed E-state index contributed by atoms with van der Waals surface area (Å²) in [6.07, 6.45) is 2.03. The highest BCUT2D eigenvalue weighted by atomic mass is 32.2. The van der Waals surface area contributed by atoms with Crippen molar-refractivity contribution < 1.29 is 21.6 Å². The molecule has 118 valence electrons. The van der Waals surface area contributed by atoms with Crippen LogP contribution in [0.1, 0.15) is 12.8 Å². The number of sulfone groups is 1. The van der Waals surface area contributed by atoms with Gasteiger partial charge in [-0.05, 0) is 44.2 Å². The minimum atomic E-state index is -5.27. The molecule has 1 N–H and O–H groups in total. The molecule has 4 nitrogen and oxygen atoms in total. The van der Waals surface area contributed by atoms with Crippen molar-refractivity contribution in [2.45, 2.75) is 29.3 Å². The molecule has 1 atom stereocenters. The fourth-order valence-electron chi connectivity index (χ4n) is 2.42. The molecule has 1 aromatic rings. The molecular weight excluding hydrogens is 305 g/mol. The highest BCUT2D eigenvalue weighted by Crippen LogP contribution is 2.31. The molecule has 1 heterocycles. The summed E-state index contributed by atoms with van der Waals surface area (Å²) in [5.41, 5.74) is -4.53. The van der Waals surface area contributed by atoms with Gasteiger partial charge in [-0.2, -0.15) is 13.2 Å². The van der Waals surface area contributed by atoms with Crippen LogP contribution in [0.3, 0.4) is 0 Å². The molecule has 0 spiro atoms. The molecule has 0 aromatic heterocycles. The van der Waals surface area contributed by atoms with Crippen molar-refractivity contribution in [3.05, 3.63) is 24.3 Å². The zero-order valence-electron chi connectivity index (χ0n) is 11.5. The third kappa shape index (κ3) is 3.32. The highest BCUT2D eigenvalue weighted by Gasteiger charge is 2.46. The number of hydrogen-bond acceptors (Lipinski definition) is 4. The smallest absolute Gasteiger partial charge is 0.370 e. The molecule has 0 radical (unpaired) electrons. The van der Waals surface area contributed by atoms with Gasteiger partial charge in [0, 0.05) is 24.8 Å². The number of likely N-dealkylation sites (N-methyl/N-ethyl adjacent to an activating group) is 1. The van der Waals surface area contributed by atoms with Crippen LogP contribution >= 0.6 is 0 Å². The maximum Gasteiger partial charge on any atom is 0.501 e. The molecule has 21 heavy (non-hydrogen) atoms. The monoisotopic (exact) mass is 322 g/mol. The number of hydrogen-bond donors (Lipinski definition) is 1. The Bertz CT molecular complexity index is 584. The van der Waals surface area contributed by atoms with Gasteiger partial charge in [0.25, 0.3) is 9.84 Å². The molecular formula is C13H17F3N2O2S. The number of piperidine rings is 1. The summed E-state index contributed by atoms with van der Waals surface area (Å²) >= 11 is 0. The second kappa shape index (κ2) is 5.84. The maximum atomic E-state index is 12.5. The first kappa shape index (κ1) is 16.1. The molecule has 0 aliphatic carbocycles. The Balaban J connectivity index is 2.20. The zero-order chi connectivity index (χ0) is 15.7. The summed E-state index contributed by atoms with van der Waals surface area (Å²) in [5, 5.41) is 3.17. The average Bonchev–Trinajstić information content (AvgIpc) is 2.46. The van der Waals surface area contributed by atoms with Crippen LogP contribution in [0.4, 0.5) is 18.9 Å². The van der Waals surface area contributed by atoms with Gasteiger partial charge in [-0.1, -0.05) is 0 Å². The van der Waals surface area contributed by atoms with E-state index in [2.05, 4.69) is 5.32 Å². The summed E-state index contributed by atoms with van der Waals surface area (Å²) in [4.78, 5) is 1.31. The summed E-state index contributed by atoms with van der Waals surface area (Å²) < 4.78 is 60.0. The molecule has 1 unspecified atom stereocenters. The predicted molar refractivity (Wildman–Crippen MR) is 74.0 cm³/mol. The van der Waals surface area contributed by atoms with Crippen molar-refractivity contribution in [3.63, 3.8) is 0 Å². The first-order chi connectivity index (χ1) is 9.75. The predicted octanol–water partition coefficient (Wildman–Crippen LogP) is 2.17. The van der Waals surface area contributed by atoms with Crippen molar-refractivity contribution in [2.75, 3.05) is 25.0 Å². The Morgan fingerprint density at radius 3 is 2.38 bits per heavy atom. The van der Waals surface area contributed by atoms with Crippen molar-refractivity contribution in [1.82, 2.24) is 5.32 Å². The van der Waals surface area contributed by atoms with E-state index in [-0.39, 0.29) is 0 Å². The molecule has 1 saturated heterocycles. The highest BCUT2D eigenvalue weighted by molar-refractivity contribution is 7.92. The Labute approximate surface area is 121 Å². The van der Waals surface area contributed by atoms with Gasteiger partial charge >= 0.3 is 5.51 Å². The van der Waals surface area contributed by atoms with Crippen LogP contribution in [0.2, 0.25) is 0 Å². The van der Waals surface area contributed by atoms with E-state index in [0.717, 1.165) is 43.8 Å². The number of alkyl halides is 3. The van der Waals surface area contributed by atoms with Gasteiger partial charge in [-0.15, -0.1) is 0 Å². The molecule has 1 aliphatic rings. The summed E-state index contributed by atoms with van der Waals surface area (Å²) in [6.45, 7) is 1.56. The number of nitrogens with one attached hydrogen (secondary N) is 1. The standard InChI is InChI=1S/C13H17F3N2O2S/c1-17-10-3-2-8-18(9-10)11-4-6-12(7-5-11)21(19,20)13(14,15)16/h4-7,10,17H,2-3,8-9H2,1H3. The molecule has 1 aliphatic heterocycles. The molecule has 0 bridgehead atoms. The Hall–Kier alpha value is -1.28. The van der Waals surface area contributed by atoms with Gasteiger partial charge in [-0.3, -0.25) is 0 Å². The second-order valence-corrected chi connectivity index (χ2v) is 6.96.